The van der Waals surface area contributed by atoms with E-state index in [0.717, 1.165) is 17.1 Å². The zero-order valence-electron chi connectivity index (χ0n) is 32.9. The smallest absolute Gasteiger partial charge is 0.0462 e. The highest BCUT2D eigenvalue weighted by Crippen LogP contribution is 2.40. The average Bonchev–Trinajstić information content (AvgIpc) is 3.71. The Hall–Kier alpha value is -7.52. The number of benzene rings is 10. The summed E-state index contributed by atoms with van der Waals surface area (Å²) in [5.41, 5.74) is 15.4. The van der Waals surface area contributed by atoms with E-state index in [9.17, 15) is 0 Å². The molecule has 0 aliphatic rings. The summed E-state index contributed by atoms with van der Waals surface area (Å²) >= 11 is 1.86. The third kappa shape index (κ3) is 6.73. The van der Waals surface area contributed by atoms with E-state index >= 15 is 0 Å². The van der Waals surface area contributed by atoms with Crippen molar-refractivity contribution in [2.45, 2.75) is 0 Å². The first kappa shape index (κ1) is 35.6. The molecule has 0 spiro atoms. The molecular formula is C58H39NS. The molecule has 0 aliphatic carbocycles. The van der Waals surface area contributed by atoms with Gasteiger partial charge in [0.25, 0.3) is 0 Å². The van der Waals surface area contributed by atoms with Gasteiger partial charge in [0.05, 0.1) is 0 Å². The number of nitrogens with zero attached hydrogens (tertiary/aromatic N) is 1. The summed E-state index contributed by atoms with van der Waals surface area (Å²) < 4.78 is 2.65. The molecule has 0 radical (unpaired) electrons. The van der Waals surface area contributed by atoms with Gasteiger partial charge in [0, 0.05) is 37.2 Å². The van der Waals surface area contributed by atoms with E-state index < -0.39 is 0 Å². The predicted octanol–water partition coefficient (Wildman–Crippen LogP) is 17.0. The molecular weight excluding hydrogens is 743 g/mol. The minimum Gasteiger partial charge on any atom is -0.311 e. The van der Waals surface area contributed by atoms with Crippen LogP contribution in [-0.2, 0) is 0 Å². The molecule has 1 nitrogen and oxygen atoms in total. The SMILES string of the molecule is c1ccc(-c2ccc(N(c3ccc(-c4ccc(-c5cccc(-c6cccc7ccccc67)c5)cc4)cc3)c3ccc(-c4ccc5sc6ccccc6c5c4)cc3)cc2)cc1. The van der Waals surface area contributed by atoms with Crippen molar-refractivity contribution in [1.82, 2.24) is 0 Å². The van der Waals surface area contributed by atoms with Gasteiger partial charge in [-0.05, 0) is 127 Å². The van der Waals surface area contributed by atoms with Crippen LogP contribution in [0.25, 0.3) is 86.6 Å². The molecule has 1 aromatic heterocycles. The van der Waals surface area contributed by atoms with Crippen molar-refractivity contribution in [3.63, 3.8) is 0 Å². The van der Waals surface area contributed by atoms with Gasteiger partial charge >= 0.3 is 0 Å². The summed E-state index contributed by atoms with van der Waals surface area (Å²) in [5.74, 6) is 0. The van der Waals surface area contributed by atoms with Crippen molar-refractivity contribution in [3.05, 3.63) is 237 Å². The molecule has 0 atom stereocenters. The third-order valence-corrected chi connectivity index (χ3v) is 12.9. The number of fused-ring (bicyclic) bond motifs is 4. The topological polar surface area (TPSA) is 3.24 Å². The number of hydrogen-bond donors (Lipinski definition) is 0. The monoisotopic (exact) mass is 781 g/mol. The first-order chi connectivity index (χ1) is 29.7. The van der Waals surface area contributed by atoms with Crippen LogP contribution in [-0.4, -0.2) is 0 Å². The van der Waals surface area contributed by atoms with Crippen molar-refractivity contribution in [1.29, 1.82) is 0 Å². The maximum atomic E-state index is 2.35. The van der Waals surface area contributed by atoms with Crippen molar-refractivity contribution in [3.8, 4) is 55.6 Å². The maximum Gasteiger partial charge on any atom is 0.0462 e. The lowest BCUT2D eigenvalue weighted by Crippen LogP contribution is -2.09. The van der Waals surface area contributed by atoms with Gasteiger partial charge in [-0.2, -0.15) is 0 Å². The largest absolute Gasteiger partial charge is 0.311 e. The zero-order chi connectivity index (χ0) is 39.8. The Labute approximate surface area is 354 Å². The van der Waals surface area contributed by atoms with E-state index in [-0.39, 0.29) is 0 Å². The number of rotatable bonds is 8. The predicted molar refractivity (Wildman–Crippen MR) is 259 cm³/mol. The van der Waals surface area contributed by atoms with Gasteiger partial charge in [-0.1, -0.05) is 176 Å². The molecule has 0 saturated heterocycles. The molecule has 282 valence electrons. The lowest BCUT2D eigenvalue weighted by Gasteiger charge is -2.26. The Morgan fingerprint density at radius 3 is 1.32 bits per heavy atom. The van der Waals surface area contributed by atoms with Crippen LogP contribution in [0.5, 0.6) is 0 Å². The molecule has 0 amide bonds. The fourth-order valence-corrected chi connectivity index (χ4v) is 9.68. The number of thiophene rings is 1. The van der Waals surface area contributed by atoms with E-state index in [1.165, 1.54) is 86.6 Å². The van der Waals surface area contributed by atoms with Gasteiger partial charge in [-0.3, -0.25) is 0 Å². The molecule has 1 heterocycles. The Bertz CT molecular complexity index is 3270. The summed E-state index contributed by atoms with van der Waals surface area (Å²) in [6.45, 7) is 0. The first-order valence-corrected chi connectivity index (χ1v) is 21.3. The quantitative estimate of drug-likeness (QED) is 0.148. The minimum atomic E-state index is 1.10. The average molecular weight is 782 g/mol. The van der Waals surface area contributed by atoms with E-state index in [1.54, 1.807) is 0 Å². The van der Waals surface area contributed by atoms with Gasteiger partial charge in [0.15, 0.2) is 0 Å². The Morgan fingerprint density at radius 1 is 0.250 bits per heavy atom. The van der Waals surface area contributed by atoms with E-state index in [4.69, 9.17) is 0 Å². The molecule has 0 aliphatic heterocycles. The summed E-state index contributed by atoms with van der Waals surface area (Å²) in [7, 11) is 0. The van der Waals surface area contributed by atoms with Crippen LogP contribution in [0, 0.1) is 0 Å². The van der Waals surface area contributed by atoms with Crippen LogP contribution in [0.3, 0.4) is 0 Å². The fraction of sp³-hybridized carbons (Fsp3) is 0. The van der Waals surface area contributed by atoms with Crippen LogP contribution in [0.4, 0.5) is 17.1 Å². The van der Waals surface area contributed by atoms with E-state index in [2.05, 4.69) is 241 Å². The highest BCUT2D eigenvalue weighted by Gasteiger charge is 2.15. The summed E-state index contributed by atoms with van der Waals surface area (Å²) in [6.07, 6.45) is 0. The molecule has 11 aromatic rings. The Kier molecular flexibility index (Phi) is 9.11. The molecule has 2 heteroatoms. The fourth-order valence-electron chi connectivity index (χ4n) is 8.59. The van der Waals surface area contributed by atoms with Crippen molar-refractivity contribution in [2.75, 3.05) is 4.90 Å². The Morgan fingerprint density at radius 2 is 0.667 bits per heavy atom. The molecule has 0 unspecified atom stereocenters. The highest BCUT2D eigenvalue weighted by molar-refractivity contribution is 7.25. The highest BCUT2D eigenvalue weighted by atomic mass is 32.1. The summed E-state index contributed by atoms with van der Waals surface area (Å²) in [6, 6.07) is 86.0. The van der Waals surface area contributed by atoms with Crippen LogP contribution in [0.2, 0.25) is 0 Å². The molecule has 60 heavy (non-hydrogen) atoms. The summed E-state index contributed by atoms with van der Waals surface area (Å²) in [4.78, 5) is 2.35. The molecule has 0 fully saturated rings. The third-order valence-electron chi connectivity index (χ3n) is 11.7. The maximum absolute atomic E-state index is 2.35. The van der Waals surface area contributed by atoms with Gasteiger partial charge in [-0.15, -0.1) is 11.3 Å². The summed E-state index contributed by atoms with van der Waals surface area (Å²) in [5, 5.41) is 5.17. The van der Waals surface area contributed by atoms with Gasteiger partial charge in [-0.25, -0.2) is 0 Å². The van der Waals surface area contributed by atoms with Crippen molar-refractivity contribution in [2.24, 2.45) is 0 Å². The van der Waals surface area contributed by atoms with Crippen molar-refractivity contribution >= 4 is 59.3 Å². The normalized spacial score (nSPS) is 11.3. The standard InChI is InChI=1S/C58H39NS/c1-2-10-40(11-3-1)42-24-31-50(32-25-42)59(52-35-28-45(29-36-52)48-30-37-58-56(39-48)55-17-6-7-19-57(55)60-58)51-33-26-43(27-34-51)41-20-22-44(23-21-41)47-14-8-15-49(38-47)54-18-9-13-46-12-4-5-16-53(46)54/h1-39H. The molecule has 0 bridgehead atoms. The molecule has 10 aromatic carbocycles. The molecule has 0 saturated carbocycles. The Balaban J connectivity index is 0.898. The van der Waals surface area contributed by atoms with Crippen LogP contribution in [0.15, 0.2) is 237 Å². The first-order valence-electron chi connectivity index (χ1n) is 20.5. The van der Waals surface area contributed by atoms with Gasteiger partial charge < -0.3 is 4.90 Å². The number of anilines is 3. The van der Waals surface area contributed by atoms with Gasteiger partial charge in [0.2, 0.25) is 0 Å². The zero-order valence-corrected chi connectivity index (χ0v) is 33.7. The number of hydrogen-bond acceptors (Lipinski definition) is 2. The van der Waals surface area contributed by atoms with E-state index in [0.29, 0.717) is 0 Å². The second-order valence-electron chi connectivity index (χ2n) is 15.3. The van der Waals surface area contributed by atoms with E-state index in [1.807, 2.05) is 11.3 Å². The van der Waals surface area contributed by atoms with Crippen LogP contribution in [0.1, 0.15) is 0 Å². The van der Waals surface area contributed by atoms with Crippen LogP contribution < -0.4 is 4.90 Å². The lowest BCUT2D eigenvalue weighted by molar-refractivity contribution is 1.28. The molecule has 11 rings (SSSR count). The lowest BCUT2D eigenvalue weighted by atomic mass is 9.94. The second-order valence-corrected chi connectivity index (χ2v) is 16.4. The van der Waals surface area contributed by atoms with Crippen molar-refractivity contribution < 1.29 is 0 Å². The van der Waals surface area contributed by atoms with Gasteiger partial charge in [0.1, 0.15) is 0 Å². The van der Waals surface area contributed by atoms with Crippen LogP contribution >= 0.6 is 11.3 Å². The molecule has 0 N–H and O–H groups in total. The minimum absolute atomic E-state index is 1.10. The second kappa shape index (κ2) is 15.3.